The average molecular weight is 238 g/mol. The molecule has 0 saturated heterocycles. The predicted octanol–water partition coefficient (Wildman–Crippen LogP) is -0.369. The third-order valence-corrected chi connectivity index (χ3v) is 2.45. The van der Waals surface area contributed by atoms with E-state index in [-0.39, 0.29) is 30.9 Å². The molecule has 5 heteroatoms. The molecule has 1 atom stereocenters. The van der Waals surface area contributed by atoms with E-state index in [2.05, 4.69) is 10.6 Å². The molecule has 1 rings (SSSR count). The fourth-order valence-electron chi connectivity index (χ4n) is 1.50. The molecule has 0 aromatic heterocycles. The predicted molar refractivity (Wildman–Crippen MR) is 64.8 cm³/mol. The molecule has 0 aliphatic heterocycles. The highest BCUT2D eigenvalue weighted by molar-refractivity contribution is 5.82. The summed E-state index contributed by atoms with van der Waals surface area (Å²) in [5.74, 6) is 0.0640. The normalized spacial score (nSPS) is 12.1. The Morgan fingerprint density at radius 2 is 2.00 bits per heavy atom. The van der Waals surface area contributed by atoms with Crippen LogP contribution in [-0.4, -0.2) is 42.4 Å². The average Bonchev–Trinajstić information content (AvgIpc) is 2.35. The first-order chi connectivity index (χ1) is 8.17. The van der Waals surface area contributed by atoms with Crippen LogP contribution in [0, 0.1) is 0 Å². The maximum atomic E-state index is 11.7. The molecule has 4 N–H and O–H groups in total. The fraction of sp³-hybridized carbons (Fsp3) is 0.417. The van der Waals surface area contributed by atoms with Crippen molar-refractivity contribution >= 4 is 5.91 Å². The molecule has 17 heavy (non-hydrogen) atoms. The minimum Gasteiger partial charge on any atom is -0.508 e. The van der Waals surface area contributed by atoms with Gasteiger partial charge in [0, 0.05) is 6.54 Å². The zero-order chi connectivity index (χ0) is 12.7. The lowest BCUT2D eigenvalue weighted by molar-refractivity contribution is -0.123. The number of phenolic OH excluding ortho intramolecular Hbond substituents is 1. The summed E-state index contributed by atoms with van der Waals surface area (Å²) < 4.78 is 0. The van der Waals surface area contributed by atoms with Crippen LogP contribution in [0.4, 0.5) is 0 Å². The fourth-order valence-corrected chi connectivity index (χ4v) is 1.50. The monoisotopic (exact) mass is 238 g/mol. The van der Waals surface area contributed by atoms with E-state index in [1.54, 1.807) is 31.3 Å². The van der Waals surface area contributed by atoms with Crippen molar-refractivity contribution in [3.8, 4) is 5.75 Å². The van der Waals surface area contributed by atoms with Crippen molar-refractivity contribution in [2.75, 3.05) is 20.2 Å². The van der Waals surface area contributed by atoms with E-state index in [4.69, 9.17) is 10.2 Å². The highest BCUT2D eigenvalue weighted by atomic mass is 16.3. The molecule has 0 spiro atoms. The summed E-state index contributed by atoms with van der Waals surface area (Å²) >= 11 is 0. The van der Waals surface area contributed by atoms with Gasteiger partial charge in [0.15, 0.2) is 0 Å². The van der Waals surface area contributed by atoms with E-state index < -0.39 is 0 Å². The van der Waals surface area contributed by atoms with Crippen LogP contribution in [-0.2, 0) is 11.2 Å². The number of hydrogen-bond donors (Lipinski definition) is 4. The minimum absolute atomic E-state index is 0.0681. The van der Waals surface area contributed by atoms with Gasteiger partial charge in [-0.25, -0.2) is 0 Å². The van der Waals surface area contributed by atoms with E-state index in [1.165, 1.54) is 0 Å². The molecule has 94 valence electrons. The van der Waals surface area contributed by atoms with Gasteiger partial charge in [0.2, 0.25) is 5.91 Å². The van der Waals surface area contributed by atoms with Gasteiger partial charge in [0.1, 0.15) is 5.75 Å². The first-order valence-corrected chi connectivity index (χ1v) is 5.51. The van der Waals surface area contributed by atoms with Gasteiger partial charge in [-0.05, 0) is 31.2 Å². The van der Waals surface area contributed by atoms with Gasteiger partial charge in [-0.15, -0.1) is 0 Å². The molecule has 0 fully saturated rings. The van der Waals surface area contributed by atoms with Gasteiger partial charge in [-0.3, -0.25) is 4.79 Å². The molecule has 1 amide bonds. The Labute approximate surface area is 100 Å². The van der Waals surface area contributed by atoms with Crippen molar-refractivity contribution in [3.05, 3.63) is 29.8 Å². The molecule has 0 radical (unpaired) electrons. The largest absolute Gasteiger partial charge is 0.508 e. The zero-order valence-corrected chi connectivity index (χ0v) is 9.81. The van der Waals surface area contributed by atoms with Crippen LogP contribution in [0.1, 0.15) is 5.56 Å². The Morgan fingerprint density at radius 1 is 1.35 bits per heavy atom. The third-order valence-electron chi connectivity index (χ3n) is 2.45. The molecule has 0 aliphatic rings. The molecule has 1 unspecified atom stereocenters. The van der Waals surface area contributed by atoms with Gasteiger partial charge in [0.05, 0.1) is 12.6 Å². The summed E-state index contributed by atoms with van der Waals surface area (Å²) in [5, 5.41) is 23.3. The Kier molecular flexibility index (Phi) is 5.45. The number of aliphatic hydroxyl groups excluding tert-OH is 1. The van der Waals surface area contributed by atoms with Crippen LogP contribution in [0.3, 0.4) is 0 Å². The SMILES string of the molecule is CNC(Cc1ccc(O)cc1)C(=O)NCCO. The van der Waals surface area contributed by atoms with E-state index in [1.807, 2.05) is 0 Å². The summed E-state index contributed by atoms with van der Waals surface area (Å²) in [6.07, 6.45) is 0.536. The van der Waals surface area contributed by atoms with E-state index in [9.17, 15) is 4.79 Å². The van der Waals surface area contributed by atoms with Crippen molar-refractivity contribution in [2.45, 2.75) is 12.5 Å². The van der Waals surface area contributed by atoms with Gasteiger partial charge in [-0.1, -0.05) is 12.1 Å². The molecular weight excluding hydrogens is 220 g/mol. The number of aliphatic hydroxyl groups is 1. The number of aromatic hydroxyl groups is 1. The van der Waals surface area contributed by atoms with Crippen LogP contribution >= 0.6 is 0 Å². The summed E-state index contributed by atoms with van der Waals surface area (Å²) in [6, 6.07) is 6.39. The number of rotatable bonds is 6. The summed E-state index contributed by atoms with van der Waals surface area (Å²) in [6.45, 7) is 0.188. The van der Waals surface area contributed by atoms with Crippen LogP contribution in [0.5, 0.6) is 5.75 Å². The molecule has 5 nitrogen and oxygen atoms in total. The highest BCUT2D eigenvalue weighted by Gasteiger charge is 2.15. The Bertz CT molecular complexity index is 351. The smallest absolute Gasteiger partial charge is 0.237 e. The van der Waals surface area contributed by atoms with Gasteiger partial charge >= 0.3 is 0 Å². The second-order valence-electron chi connectivity index (χ2n) is 3.73. The number of benzene rings is 1. The molecule has 0 saturated carbocycles. The summed E-state index contributed by atoms with van der Waals surface area (Å²) in [7, 11) is 1.71. The van der Waals surface area contributed by atoms with Crippen molar-refractivity contribution in [3.63, 3.8) is 0 Å². The van der Waals surface area contributed by atoms with Gasteiger partial charge in [0.25, 0.3) is 0 Å². The van der Waals surface area contributed by atoms with Crippen molar-refractivity contribution in [1.29, 1.82) is 0 Å². The zero-order valence-electron chi connectivity index (χ0n) is 9.81. The molecule has 0 bridgehead atoms. The van der Waals surface area contributed by atoms with Crippen molar-refractivity contribution in [2.24, 2.45) is 0 Å². The minimum atomic E-state index is -0.342. The Morgan fingerprint density at radius 3 is 2.53 bits per heavy atom. The lowest BCUT2D eigenvalue weighted by Crippen LogP contribution is -2.44. The number of amides is 1. The standard InChI is InChI=1S/C12H18N2O3/c1-13-11(12(17)14-6-7-15)8-9-2-4-10(16)5-3-9/h2-5,11,13,15-16H,6-8H2,1H3,(H,14,17). The van der Waals surface area contributed by atoms with Gasteiger partial charge < -0.3 is 20.8 Å². The summed E-state index contributed by atoms with van der Waals surface area (Å²) in [4.78, 5) is 11.7. The Hall–Kier alpha value is -1.59. The third kappa shape index (κ3) is 4.42. The molecule has 0 heterocycles. The number of phenols is 1. The highest BCUT2D eigenvalue weighted by Crippen LogP contribution is 2.11. The topological polar surface area (TPSA) is 81.6 Å². The maximum Gasteiger partial charge on any atom is 0.237 e. The second kappa shape index (κ2) is 6.88. The summed E-state index contributed by atoms with van der Waals surface area (Å²) in [5.41, 5.74) is 0.960. The molecular formula is C12H18N2O3. The maximum absolute atomic E-state index is 11.7. The lowest BCUT2D eigenvalue weighted by Gasteiger charge is -2.15. The number of hydrogen-bond acceptors (Lipinski definition) is 4. The van der Waals surface area contributed by atoms with Crippen LogP contribution in [0.2, 0.25) is 0 Å². The van der Waals surface area contributed by atoms with Crippen molar-refractivity contribution < 1.29 is 15.0 Å². The van der Waals surface area contributed by atoms with E-state index in [0.29, 0.717) is 6.42 Å². The van der Waals surface area contributed by atoms with E-state index in [0.717, 1.165) is 5.56 Å². The first kappa shape index (κ1) is 13.5. The lowest BCUT2D eigenvalue weighted by atomic mass is 10.1. The Balaban J connectivity index is 2.57. The number of carbonyl (C=O) groups is 1. The molecule has 0 aliphatic carbocycles. The second-order valence-corrected chi connectivity index (χ2v) is 3.73. The van der Waals surface area contributed by atoms with E-state index >= 15 is 0 Å². The molecule has 1 aromatic carbocycles. The number of likely N-dealkylation sites (N-methyl/N-ethyl adjacent to an activating group) is 1. The first-order valence-electron chi connectivity index (χ1n) is 5.51. The number of nitrogens with one attached hydrogen (secondary N) is 2. The quantitative estimate of drug-likeness (QED) is 0.545. The molecule has 1 aromatic rings. The van der Waals surface area contributed by atoms with Gasteiger partial charge in [-0.2, -0.15) is 0 Å². The van der Waals surface area contributed by atoms with Crippen LogP contribution in [0.15, 0.2) is 24.3 Å². The van der Waals surface area contributed by atoms with Crippen LogP contribution < -0.4 is 10.6 Å². The van der Waals surface area contributed by atoms with Crippen LogP contribution in [0.25, 0.3) is 0 Å². The number of carbonyl (C=O) groups excluding carboxylic acids is 1. The van der Waals surface area contributed by atoms with Crippen molar-refractivity contribution in [1.82, 2.24) is 10.6 Å².